The number of hydrogen-bond acceptors (Lipinski definition) is 5. The van der Waals surface area contributed by atoms with Crippen molar-refractivity contribution in [2.24, 2.45) is 0 Å². The van der Waals surface area contributed by atoms with Gasteiger partial charge in [-0.2, -0.15) is 5.10 Å². The number of aromatic nitrogens is 2. The SMILES string of the molecule is CN1CCN(C(=O)Cn2cc3cc(N)c(OC(F)(F)F)cc3n2)CC1. The summed E-state index contributed by atoms with van der Waals surface area (Å²) in [6, 6.07) is 2.47. The molecule has 0 bridgehead atoms. The standard InChI is InChI=1S/C15H18F3N5O2/c1-21-2-4-22(5-3-21)14(24)9-23-8-10-6-11(19)13(7-12(10)20-23)25-15(16,17)18/h6-8H,2-5,9,19H2,1H3. The number of benzene rings is 1. The first-order valence-electron chi connectivity index (χ1n) is 7.70. The van der Waals surface area contributed by atoms with Gasteiger partial charge in [0.1, 0.15) is 6.54 Å². The van der Waals surface area contributed by atoms with E-state index in [9.17, 15) is 18.0 Å². The fourth-order valence-corrected chi connectivity index (χ4v) is 2.71. The van der Waals surface area contributed by atoms with Crippen LogP contribution in [0, 0.1) is 0 Å². The van der Waals surface area contributed by atoms with Crippen LogP contribution in [-0.2, 0) is 11.3 Å². The smallest absolute Gasteiger partial charge is 0.403 e. The fourth-order valence-electron chi connectivity index (χ4n) is 2.71. The Balaban J connectivity index is 1.76. The molecule has 1 aliphatic heterocycles. The van der Waals surface area contributed by atoms with E-state index >= 15 is 0 Å². The monoisotopic (exact) mass is 357 g/mol. The number of hydrogen-bond donors (Lipinski definition) is 1. The molecular formula is C15H18F3N5O2. The van der Waals surface area contributed by atoms with E-state index in [-0.39, 0.29) is 23.7 Å². The highest BCUT2D eigenvalue weighted by Crippen LogP contribution is 2.31. The van der Waals surface area contributed by atoms with Crippen molar-refractivity contribution in [2.45, 2.75) is 12.9 Å². The molecule has 10 heteroatoms. The van der Waals surface area contributed by atoms with E-state index in [2.05, 4.69) is 14.7 Å². The average Bonchev–Trinajstić information content (AvgIpc) is 2.87. The van der Waals surface area contributed by atoms with Crippen LogP contribution in [0.5, 0.6) is 5.75 Å². The van der Waals surface area contributed by atoms with Crippen LogP contribution in [0.4, 0.5) is 18.9 Å². The van der Waals surface area contributed by atoms with Gasteiger partial charge in [0.2, 0.25) is 5.91 Å². The summed E-state index contributed by atoms with van der Waals surface area (Å²) in [6.45, 7) is 2.93. The predicted octanol–water partition coefficient (Wildman–Crippen LogP) is 1.29. The summed E-state index contributed by atoms with van der Waals surface area (Å²) in [5, 5.41) is 4.69. The summed E-state index contributed by atoms with van der Waals surface area (Å²) in [5.41, 5.74) is 5.73. The minimum Gasteiger partial charge on any atom is -0.403 e. The maximum Gasteiger partial charge on any atom is 0.573 e. The highest BCUT2D eigenvalue weighted by Gasteiger charge is 2.32. The highest BCUT2D eigenvalue weighted by molar-refractivity contribution is 5.85. The molecule has 0 aliphatic carbocycles. The summed E-state index contributed by atoms with van der Waals surface area (Å²) in [5.74, 6) is -0.587. The number of nitrogen functional groups attached to an aromatic ring is 1. The number of carbonyl (C=O) groups is 1. The molecule has 1 fully saturated rings. The maximum atomic E-state index is 12.4. The lowest BCUT2D eigenvalue weighted by Gasteiger charge is -2.32. The maximum absolute atomic E-state index is 12.4. The van der Waals surface area contributed by atoms with Gasteiger partial charge in [-0.15, -0.1) is 13.2 Å². The van der Waals surface area contributed by atoms with Gasteiger partial charge in [0.15, 0.2) is 5.75 Å². The number of anilines is 1. The third-order valence-electron chi connectivity index (χ3n) is 4.06. The Hall–Kier alpha value is -2.49. The first-order valence-corrected chi connectivity index (χ1v) is 7.70. The topological polar surface area (TPSA) is 76.6 Å². The number of nitrogens with two attached hydrogens (primary N) is 1. The first kappa shape index (κ1) is 17.3. The Morgan fingerprint density at radius 3 is 2.60 bits per heavy atom. The van der Waals surface area contributed by atoms with Crippen molar-refractivity contribution < 1.29 is 22.7 Å². The van der Waals surface area contributed by atoms with Crippen molar-refractivity contribution >= 4 is 22.5 Å². The van der Waals surface area contributed by atoms with Gasteiger partial charge in [-0.1, -0.05) is 0 Å². The van der Waals surface area contributed by atoms with E-state index in [1.165, 1.54) is 10.7 Å². The number of halogens is 3. The number of carbonyl (C=O) groups excluding carboxylic acids is 1. The molecule has 7 nitrogen and oxygen atoms in total. The number of fused-ring (bicyclic) bond motifs is 1. The quantitative estimate of drug-likeness (QED) is 0.838. The van der Waals surface area contributed by atoms with Crippen LogP contribution in [-0.4, -0.2) is 65.1 Å². The molecule has 1 aromatic heterocycles. The summed E-state index contributed by atoms with van der Waals surface area (Å²) < 4.78 is 42.4. The second kappa shape index (κ2) is 6.43. The van der Waals surface area contributed by atoms with Gasteiger partial charge in [-0.3, -0.25) is 9.48 Å². The predicted molar refractivity (Wildman–Crippen MR) is 84.9 cm³/mol. The van der Waals surface area contributed by atoms with Crippen LogP contribution in [0.2, 0.25) is 0 Å². The molecule has 0 saturated carbocycles. The lowest BCUT2D eigenvalue weighted by molar-refractivity contribution is -0.274. The molecule has 0 radical (unpaired) electrons. The molecule has 2 heterocycles. The molecule has 1 aromatic carbocycles. The minimum atomic E-state index is -4.83. The minimum absolute atomic E-state index is 0.0216. The third kappa shape index (κ3) is 4.13. The molecule has 1 saturated heterocycles. The summed E-state index contributed by atoms with van der Waals surface area (Å²) in [7, 11) is 1.99. The zero-order valence-corrected chi connectivity index (χ0v) is 13.6. The number of likely N-dealkylation sites (N-methyl/N-ethyl adjacent to an activating group) is 1. The van der Waals surface area contributed by atoms with Gasteiger partial charge in [0, 0.05) is 43.8 Å². The van der Waals surface area contributed by atoms with E-state index in [0.717, 1.165) is 19.2 Å². The average molecular weight is 357 g/mol. The molecule has 136 valence electrons. The van der Waals surface area contributed by atoms with Gasteiger partial charge in [-0.25, -0.2) is 0 Å². The van der Waals surface area contributed by atoms with Gasteiger partial charge in [0.05, 0.1) is 11.2 Å². The molecule has 25 heavy (non-hydrogen) atoms. The van der Waals surface area contributed by atoms with E-state index in [1.54, 1.807) is 11.1 Å². The summed E-state index contributed by atoms with van der Waals surface area (Å²) in [6.07, 6.45) is -3.25. The van der Waals surface area contributed by atoms with E-state index in [4.69, 9.17) is 5.73 Å². The van der Waals surface area contributed by atoms with E-state index in [0.29, 0.717) is 18.5 Å². The number of ether oxygens (including phenoxy) is 1. The van der Waals surface area contributed by atoms with E-state index < -0.39 is 12.1 Å². The second-order valence-corrected chi connectivity index (χ2v) is 6.01. The summed E-state index contributed by atoms with van der Waals surface area (Å²) >= 11 is 0. The van der Waals surface area contributed by atoms with Crippen molar-refractivity contribution in [2.75, 3.05) is 39.0 Å². The largest absolute Gasteiger partial charge is 0.573 e. The normalized spacial score (nSPS) is 16.4. The highest BCUT2D eigenvalue weighted by atomic mass is 19.4. The van der Waals surface area contributed by atoms with Crippen LogP contribution < -0.4 is 10.5 Å². The van der Waals surface area contributed by atoms with Gasteiger partial charge < -0.3 is 20.3 Å². The molecule has 0 spiro atoms. The Morgan fingerprint density at radius 1 is 1.28 bits per heavy atom. The van der Waals surface area contributed by atoms with Crippen LogP contribution in [0.1, 0.15) is 0 Å². The Kier molecular flexibility index (Phi) is 4.46. The van der Waals surface area contributed by atoms with Gasteiger partial charge in [-0.05, 0) is 13.1 Å². The van der Waals surface area contributed by atoms with Crippen LogP contribution in [0.25, 0.3) is 10.9 Å². The number of alkyl halides is 3. The summed E-state index contributed by atoms with van der Waals surface area (Å²) in [4.78, 5) is 16.2. The van der Waals surface area contributed by atoms with Crippen LogP contribution in [0.3, 0.4) is 0 Å². The Morgan fingerprint density at radius 2 is 1.96 bits per heavy atom. The Labute approximate surface area is 141 Å². The molecule has 0 unspecified atom stereocenters. The van der Waals surface area contributed by atoms with Crippen LogP contribution in [0.15, 0.2) is 18.3 Å². The molecule has 1 amide bonds. The lowest BCUT2D eigenvalue weighted by atomic mass is 10.2. The Bertz CT molecular complexity index is 781. The van der Waals surface area contributed by atoms with Crippen LogP contribution >= 0.6 is 0 Å². The zero-order valence-electron chi connectivity index (χ0n) is 13.6. The van der Waals surface area contributed by atoms with Crippen molar-refractivity contribution in [3.63, 3.8) is 0 Å². The number of piperazine rings is 1. The van der Waals surface area contributed by atoms with E-state index in [1.807, 2.05) is 7.05 Å². The molecule has 2 aromatic rings. The molecule has 1 aliphatic rings. The second-order valence-electron chi connectivity index (χ2n) is 6.01. The zero-order chi connectivity index (χ0) is 18.2. The fraction of sp³-hybridized carbons (Fsp3) is 0.467. The van der Waals surface area contributed by atoms with Crippen molar-refractivity contribution in [3.8, 4) is 5.75 Å². The van der Waals surface area contributed by atoms with Crippen molar-refractivity contribution in [1.29, 1.82) is 0 Å². The molecular weight excluding hydrogens is 339 g/mol. The molecule has 0 atom stereocenters. The van der Waals surface area contributed by atoms with Gasteiger partial charge >= 0.3 is 6.36 Å². The molecule has 3 rings (SSSR count). The van der Waals surface area contributed by atoms with Crippen molar-refractivity contribution in [3.05, 3.63) is 18.3 Å². The van der Waals surface area contributed by atoms with Crippen molar-refractivity contribution in [1.82, 2.24) is 19.6 Å². The third-order valence-corrected chi connectivity index (χ3v) is 4.06. The van der Waals surface area contributed by atoms with Gasteiger partial charge in [0.25, 0.3) is 0 Å². The number of amides is 1. The number of rotatable bonds is 3. The number of nitrogens with zero attached hydrogens (tertiary/aromatic N) is 4. The lowest BCUT2D eigenvalue weighted by Crippen LogP contribution is -2.48. The first-order chi connectivity index (χ1) is 11.7. The molecule has 2 N–H and O–H groups in total.